The molecule has 134 valence electrons. The zero-order chi connectivity index (χ0) is 17.8. The van der Waals surface area contributed by atoms with Gasteiger partial charge in [-0.25, -0.2) is 0 Å². The summed E-state index contributed by atoms with van der Waals surface area (Å²) in [6.45, 7) is 1.46. The first-order valence-electron chi connectivity index (χ1n) is 8.57. The SMILES string of the molecule is COc1ccccc1/C=C/c1nnc([C@H]2OCC[C@H]2Cn2cccn2)o1. The topological polar surface area (TPSA) is 75.2 Å². The lowest BCUT2D eigenvalue weighted by Gasteiger charge is -2.14. The number of ether oxygens (including phenoxy) is 2. The molecule has 0 aliphatic carbocycles. The highest BCUT2D eigenvalue weighted by atomic mass is 16.5. The molecule has 1 aromatic carbocycles. The number of aromatic nitrogens is 4. The lowest BCUT2D eigenvalue weighted by Crippen LogP contribution is -2.15. The highest BCUT2D eigenvalue weighted by Crippen LogP contribution is 2.35. The molecule has 0 saturated carbocycles. The Balaban J connectivity index is 1.48. The molecule has 0 N–H and O–H groups in total. The van der Waals surface area contributed by atoms with Crippen LogP contribution in [-0.4, -0.2) is 33.7 Å². The third-order valence-electron chi connectivity index (χ3n) is 4.44. The molecule has 1 aliphatic heterocycles. The molecular formula is C19H20N4O3. The molecule has 1 saturated heterocycles. The van der Waals surface area contributed by atoms with E-state index in [1.165, 1.54) is 0 Å². The van der Waals surface area contributed by atoms with E-state index >= 15 is 0 Å². The van der Waals surface area contributed by atoms with E-state index in [-0.39, 0.29) is 12.0 Å². The fourth-order valence-corrected chi connectivity index (χ4v) is 3.14. The van der Waals surface area contributed by atoms with Crippen molar-refractivity contribution in [2.75, 3.05) is 13.7 Å². The summed E-state index contributed by atoms with van der Waals surface area (Å²) in [5, 5.41) is 12.6. The first-order valence-corrected chi connectivity index (χ1v) is 8.57. The van der Waals surface area contributed by atoms with Crippen molar-refractivity contribution in [2.45, 2.75) is 19.1 Å². The third-order valence-corrected chi connectivity index (χ3v) is 4.44. The second-order valence-electron chi connectivity index (χ2n) is 6.12. The first kappa shape index (κ1) is 16.5. The van der Waals surface area contributed by atoms with Gasteiger partial charge in [0.2, 0.25) is 11.8 Å². The second kappa shape index (κ2) is 7.53. The zero-order valence-electron chi connectivity index (χ0n) is 14.5. The van der Waals surface area contributed by atoms with Crippen LogP contribution < -0.4 is 4.74 Å². The second-order valence-corrected chi connectivity index (χ2v) is 6.12. The summed E-state index contributed by atoms with van der Waals surface area (Å²) in [7, 11) is 1.65. The Labute approximate surface area is 151 Å². The summed E-state index contributed by atoms with van der Waals surface area (Å²) in [6.07, 6.45) is 8.15. The summed E-state index contributed by atoms with van der Waals surface area (Å²) in [6, 6.07) is 9.67. The highest BCUT2D eigenvalue weighted by molar-refractivity contribution is 5.69. The summed E-state index contributed by atoms with van der Waals surface area (Å²) in [5.41, 5.74) is 0.948. The van der Waals surface area contributed by atoms with Gasteiger partial charge >= 0.3 is 0 Å². The Morgan fingerprint density at radius 3 is 3.00 bits per heavy atom. The van der Waals surface area contributed by atoms with Gasteiger partial charge in [0.15, 0.2) is 0 Å². The Bertz CT molecular complexity index is 873. The van der Waals surface area contributed by atoms with Crippen LogP contribution in [0.5, 0.6) is 5.75 Å². The Morgan fingerprint density at radius 2 is 2.15 bits per heavy atom. The number of methoxy groups -OCH3 is 1. The van der Waals surface area contributed by atoms with Crippen molar-refractivity contribution in [1.29, 1.82) is 0 Å². The maximum atomic E-state index is 5.83. The van der Waals surface area contributed by atoms with Crippen LogP contribution >= 0.6 is 0 Å². The molecule has 0 radical (unpaired) electrons. The maximum Gasteiger partial charge on any atom is 0.245 e. The summed E-state index contributed by atoms with van der Waals surface area (Å²) >= 11 is 0. The van der Waals surface area contributed by atoms with E-state index in [0.29, 0.717) is 18.4 Å². The van der Waals surface area contributed by atoms with Crippen LogP contribution in [-0.2, 0) is 11.3 Å². The molecule has 0 bridgehead atoms. The first-order chi connectivity index (χ1) is 12.8. The largest absolute Gasteiger partial charge is 0.496 e. The zero-order valence-corrected chi connectivity index (χ0v) is 14.5. The molecule has 2 atom stereocenters. The van der Waals surface area contributed by atoms with E-state index in [2.05, 4.69) is 15.3 Å². The van der Waals surface area contributed by atoms with Gasteiger partial charge in [-0.3, -0.25) is 4.68 Å². The fourth-order valence-electron chi connectivity index (χ4n) is 3.14. The predicted octanol–water partition coefficient (Wildman–Crippen LogP) is 3.22. The van der Waals surface area contributed by atoms with E-state index in [1.807, 2.05) is 47.3 Å². The normalized spacial score (nSPS) is 20.0. The molecule has 1 fully saturated rings. The van der Waals surface area contributed by atoms with Crippen molar-refractivity contribution in [2.24, 2.45) is 5.92 Å². The molecule has 7 nitrogen and oxygen atoms in total. The van der Waals surface area contributed by atoms with Crippen LogP contribution in [0.15, 0.2) is 47.1 Å². The fraction of sp³-hybridized carbons (Fsp3) is 0.316. The Hall–Kier alpha value is -2.93. The van der Waals surface area contributed by atoms with E-state index in [0.717, 1.165) is 24.3 Å². The predicted molar refractivity (Wildman–Crippen MR) is 95.2 cm³/mol. The molecule has 2 aromatic heterocycles. The van der Waals surface area contributed by atoms with Crippen molar-refractivity contribution in [3.63, 3.8) is 0 Å². The average molecular weight is 352 g/mol. The highest BCUT2D eigenvalue weighted by Gasteiger charge is 2.34. The number of nitrogens with zero attached hydrogens (tertiary/aromatic N) is 4. The van der Waals surface area contributed by atoms with Gasteiger partial charge in [0.25, 0.3) is 0 Å². The Kier molecular flexibility index (Phi) is 4.79. The molecule has 4 rings (SSSR count). The van der Waals surface area contributed by atoms with Crippen molar-refractivity contribution < 1.29 is 13.9 Å². The van der Waals surface area contributed by atoms with E-state index in [1.54, 1.807) is 19.4 Å². The van der Waals surface area contributed by atoms with Crippen LogP contribution in [0.1, 0.15) is 29.9 Å². The molecule has 3 aromatic rings. The summed E-state index contributed by atoms with van der Waals surface area (Å²) in [4.78, 5) is 0. The van der Waals surface area contributed by atoms with Gasteiger partial charge in [0, 0.05) is 43.1 Å². The number of rotatable bonds is 6. The van der Waals surface area contributed by atoms with Gasteiger partial charge < -0.3 is 13.9 Å². The molecule has 3 heterocycles. The monoisotopic (exact) mass is 352 g/mol. The van der Waals surface area contributed by atoms with Gasteiger partial charge in [-0.05, 0) is 24.6 Å². The molecular weight excluding hydrogens is 332 g/mol. The van der Waals surface area contributed by atoms with Crippen molar-refractivity contribution in [3.05, 3.63) is 60.1 Å². The van der Waals surface area contributed by atoms with Crippen LogP contribution in [0.3, 0.4) is 0 Å². The Morgan fingerprint density at radius 1 is 1.23 bits per heavy atom. The van der Waals surface area contributed by atoms with Crippen LogP contribution in [0.25, 0.3) is 12.2 Å². The van der Waals surface area contributed by atoms with E-state index < -0.39 is 0 Å². The van der Waals surface area contributed by atoms with Crippen molar-refractivity contribution in [1.82, 2.24) is 20.0 Å². The minimum atomic E-state index is -0.194. The molecule has 7 heteroatoms. The maximum absolute atomic E-state index is 5.83. The van der Waals surface area contributed by atoms with Gasteiger partial charge in [0.1, 0.15) is 11.9 Å². The van der Waals surface area contributed by atoms with Gasteiger partial charge in [0.05, 0.1) is 7.11 Å². The smallest absolute Gasteiger partial charge is 0.245 e. The minimum Gasteiger partial charge on any atom is -0.496 e. The molecule has 0 unspecified atom stereocenters. The van der Waals surface area contributed by atoms with Crippen molar-refractivity contribution >= 4 is 12.2 Å². The average Bonchev–Trinajstić information content (AvgIpc) is 3.42. The number of benzene rings is 1. The lowest BCUT2D eigenvalue weighted by molar-refractivity contribution is 0.0627. The van der Waals surface area contributed by atoms with Crippen LogP contribution in [0.2, 0.25) is 0 Å². The molecule has 0 amide bonds. The van der Waals surface area contributed by atoms with Gasteiger partial charge in [-0.2, -0.15) is 5.10 Å². The standard InChI is InChI=1S/C19H20N4O3/c1-24-16-6-3-2-5-14(16)7-8-17-21-22-19(26-17)18-15(9-12-25-18)13-23-11-4-10-20-23/h2-8,10-11,15,18H,9,12-13H2,1H3/b8-7+/t15-,18-/m0/s1. The molecule has 26 heavy (non-hydrogen) atoms. The minimum absolute atomic E-state index is 0.194. The van der Waals surface area contributed by atoms with E-state index in [4.69, 9.17) is 13.9 Å². The molecule has 1 aliphatic rings. The van der Waals surface area contributed by atoms with Crippen molar-refractivity contribution in [3.8, 4) is 5.75 Å². The van der Waals surface area contributed by atoms with Crippen LogP contribution in [0.4, 0.5) is 0 Å². The molecule has 0 spiro atoms. The summed E-state index contributed by atoms with van der Waals surface area (Å²) < 4.78 is 18.9. The van der Waals surface area contributed by atoms with E-state index in [9.17, 15) is 0 Å². The van der Waals surface area contributed by atoms with Gasteiger partial charge in [-0.1, -0.05) is 18.2 Å². The summed E-state index contributed by atoms with van der Waals surface area (Å²) in [5.74, 6) is 2.02. The quantitative estimate of drug-likeness (QED) is 0.678. The third kappa shape index (κ3) is 3.52. The number of hydrogen-bond donors (Lipinski definition) is 0. The lowest BCUT2D eigenvalue weighted by atomic mass is 10.0. The van der Waals surface area contributed by atoms with Gasteiger partial charge in [-0.15, -0.1) is 10.2 Å². The number of para-hydroxylation sites is 1. The van der Waals surface area contributed by atoms with Crippen LogP contribution in [0, 0.1) is 5.92 Å². The number of hydrogen-bond acceptors (Lipinski definition) is 6.